The van der Waals surface area contributed by atoms with Crippen molar-refractivity contribution in [3.63, 3.8) is 0 Å². The van der Waals surface area contributed by atoms with Gasteiger partial charge >= 0.3 is 0 Å². The summed E-state index contributed by atoms with van der Waals surface area (Å²) in [4.78, 5) is 0. The molecule has 0 bridgehead atoms. The minimum absolute atomic E-state index is 0.233. The Balaban J connectivity index is 1.90. The average Bonchev–Trinajstić information content (AvgIpc) is 2.83. The van der Waals surface area contributed by atoms with Crippen LogP contribution in [0.15, 0.2) is 30.3 Å². The molecule has 1 saturated carbocycles. The maximum atomic E-state index is 12.9. The number of benzene rings is 1. The van der Waals surface area contributed by atoms with Gasteiger partial charge in [-0.2, -0.15) is 5.10 Å². The van der Waals surface area contributed by atoms with Crippen LogP contribution in [0.3, 0.4) is 0 Å². The normalized spacial score (nSPS) is 16.7. The van der Waals surface area contributed by atoms with Crippen molar-refractivity contribution in [2.75, 3.05) is 5.73 Å². The van der Waals surface area contributed by atoms with Gasteiger partial charge in [0.2, 0.25) is 0 Å². The van der Waals surface area contributed by atoms with E-state index in [0.717, 1.165) is 24.1 Å². The number of aromatic nitrogens is 2. The molecule has 0 atom stereocenters. The van der Waals surface area contributed by atoms with Gasteiger partial charge in [0, 0.05) is 11.6 Å². The Bertz CT molecular complexity index is 553. The first-order chi connectivity index (χ1) is 9.24. The fraction of sp³-hybridized carbons (Fsp3) is 0.400. The van der Waals surface area contributed by atoms with Crippen molar-refractivity contribution in [2.45, 2.75) is 38.1 Å². The predicted octanol–water partition coefficient (Wildman–Crippen LogP) is 3.78. The SMILES string of the molecule is Nc1cc(-c2ccc(F)cc2)nn1C1CCCCC1. The molecule has 2 aromatic rings. The Kier molecular flexibility index (Phi) is 3.23. The van der Waals surface area contributed by atoms with Crippen molar-refractivity contribution in [2.24, 2.45) is 0 Å². The number of halogens is 1. The van der Waals surface area contributed by atoms with Crippen LogP contribution in [-0.4, -0.2) is 9.78 Å². The number of hydrogen-bond donors (Lipinski definition) is 1. The molecule has 100 valence electrons. The zero-order chi connectivity index (χ0) is 13.2. The van der Waals surface area contributed by atoms with E-state index in [-0.39, 0.29) is 5.82 Å². The molecule has 4 heteroatoms. The molecule has 1 fully saturated rings. The van der Waals surface area contributed by atoms with Crippen LogP contribution < -0.4 is 5.73 Å². The van der Waals surface area contributed by atoms with Gasteiger partial charge in [0.05, 0.1) is 11.7 Å². The van der Waals surface area contributed by atoms with E-state index in [1.807, 2.05) is 10.7 Å². The van der Waals surface area contributed by atoms with Crippen molar-refractivity contribution in [3.8, 4) is 11.3 Å². The van der Waals surface area contributed by atoms with Crippen molar-refractivity contribution < 1.29 is 4.39 Å². The van der Waals surface area contributed by atoms with Crippen LogP contribution in [0.4, 0.5) is 10.2 Å². The summed E-state index contributed by atoms with van der Waals surface area (Å²) < 4.78 is 14.9. The van der Waals surface area contributed by atoms with Crippen molar-refractivity contribution in [1.29, 1.82) is 0 Å². The van der Waals surface area contributed by atoms with E-state index in [1.165, 1.54) is 31.4 Å². The highest BCUT2D eigenvalue weighted by Gasteiger charge is 2.19. The molecule has 0 amide bonds. The molecule has 0 saturated heterocycles. The molecule has 0 spiro atoms. The second-order valence-electron chi connectivity index (χ2n) is 5.20. The first-order valence-corrected chi connectivity index (χ1v) is 6.85. The fourth-order valence-electron chi connectivity index (χ4n) is 2.79. The topological polar surface area (TPSA) is 43.8 Å². The largest absolute Gasteiger partial charge is 0.384 e. The maximum Gasteiger partial charge on any atom is 0.123 e. The third-order valence-corrected chi connectivity index (χ3v) is 3.83. The van der Waals surface area contributed by atoms with Crippen LogP contribution >= 0.6 is 0 Å². The van der Waals surface area contributed by atoms with Crippen LogP contribution in [0.5, 0.6) is 0 Å². The summed E-state index contributed by atoms with van der Waals surface area (Å²) >= 11 is 0. The van der Waals surface area contributed by atoms with Crippen LogP contribution in [0.2, 0.25) is 0 Å². The molecule has 3 rings (SSSR count). The maximum absolute atomic E-state index is 12.9. The zero-order valence-corrected chi connectivity index (χ0v) is 10.8. The molecule has 1 aromatic carbocycles. The van der Waals surface area contributed by atoms with Crippen LogP contribution in [-0.2, 0) is 0 Å². The Hall–Kier alpha value is -1.84. The van der Waals surface area contributed by atoms with Gasteiger partial charge in [0.1, 0.15) is 11.6 Å². The smallest absolute Gasteiger partial charge is 0.123 e. The van der Waals surface area contributed by atoms with Crippen LogP contribution in [0.25, 0.3) is 11.3 Å². The number of nitrogens with zero attached hydrogens (tertiary/aromatic N) is 2. The van der Waals surface area contributed by atoms with Crippen molar-refractivity contribution in [1.82, 2.24) is 9.78 Å². The third-order valence-electron chi connectivity index (χ3n) is 3.83. The lowest BCUT2D eigenvalue weighted by Gasteiger charge is -2.22. The Morgan fingerprint density at radius 2 is 1.79 bits per heavy atom. The van der Waals surface area contributed by atoms with E-state index in [4.69, 9.17) is 5.73 Å². The summed E-state index contributed by atoms with van der Waals surface area (Å²) in [5.41, 5.74) is 7.79. The number of nitrogen functional groups attached to an aromatic ring is 1. The lowest BCUT2D eigenvalue weighted by molar-refractivity contribution is 0.333. The van der Waals surface area contributed by atoms with Gasteiger partial charge in [-0.15, -0.1) is 0 Å². The molecule has 2 N–H and O–H groups in total. The van der Waals surface area contributed by atoms with E-state index in [9.17, 15) is 4.39 Å². The van der Waals surface area contributed by atoms with E-state index in [0.29, 0.717) is 11.9 Å². The summed E-state index contributed by atoms with van der Waals surface area (Å²) in [7, 11) is 0. The molecule has 1 aliphatic rings. The summed E-state index contributed by atoms with van der Waals surface area (Å²) in [5, 5.41) is 4.60. The highest BCUT2D eigenvalue weighted by Crippen LogP contribution is 2.31. The fourth-order valence-corrected chi connectivity index (χ4v) is 2.79. The molecular weight excluding hydrogens is 241 g/mol. The lowest BCUT2D eigenvalue weighted by atomic mass is 9.96. The molecule has 1 aliphatic carbocycles. The number of hydrogen-bond acceptors (Lipinski definition) is 2. The third kappa shape index (κ3) is 2.48. The van der Waals surface area contributed by atoms with Gasteiger partial charge in [-0.1, -0.05) is 19.3 Å². The molecule has 0 aliphatic heterocycles. The van der Waals surface area contributed by atoms with Gasteiger partial charge in [-0.3, -0.25) is 0 Å². The van der Waals surface area contributed by atoms with Crippen molar-refractivity contribution >= 4 is 5.82 Å². The van der Waals surface area contributed by atoms with Gasteiger partial charge < -0.3 is 5.73 Å². The Morgan fingerprint density at radius 1 is 1.11 bits per heavy atom. The number of nitrogens with two attached hydrogens (primary N) is 1. The van der Waals surface area contributed by atoms with Gasteiger partial charge in [0.25, 0.3) is 0 Å². The zero-order valence-electron chi connectivity index (χ0n) is 10.8. The Morgan fingerprint density at radius 3 is 2.47 bits per heavy atom. The summed E-state index contributed by atoms with van der Waals surface area (Å²) in [6.45, 7) is 0. The summed E-state index contributed by atoms with van der Waals surface area (Å²) in [6, 6.07) is 8.67. The minimum Gasteiger partial charge on any atom is -0.384 e. The van der Waals surface area contributed by atoms with E-state index in [1.54, 1.807) is 12.1 Å². The predicted molar refractivity (Wildman–Crippen MR) is 74.2 cm³/mol. The van der Waals surface area contributed by atoms with E-state index >= 15 is 0 Å². The van der Waals surface area contributed by atoms with E-state index < -0.39 is 0 Å². The second-order valence-corrected chi connectivity index (χ2v) is 5.20. The van der Waals surface area contributed by atoms with Crippen LogP contribution in [0.1, 0.15) is 38.1 Å². The van der Waals surface area contributed by atoms with Crippen LogP contribution in [0, 0.1) is 5.82 Å². The average molecular weight is 259 g/mol. The molecule has 19 heavy (non-hydrogen) atoms. The molecular formula is C15H18FN3. The highest BCUT2D eigenvalue weighted by molar-refractivity contribution is 5.62. The first-order valence-electron chi connectivity index (χ1n) is 6.85. The second kappa shape index (κ2) is 5.03. The van der Waals surface area contributed by atoms with Gasteiger partial charge in [-0.25, -0.2) is 9.07 Å². The quantitative estimate of drug-likeness (QED) is 0.892. The highest BCUT2D eigenvalue weighted by atomic mass is 19.1. The minimum atomic E-state index is -0.233. The first kappa shape index (κ1) is 12.2. The molecule has 1 aromatic heterocycles. The Labute approximate surface area is 112 Å². The summed E-state index contributed by atoms with van der Waals surface area (Å²) in [6.07, 6.45) is 6.09. The standard InChI is InChI=1S/C15H18FN3/c16-12-8-6-11(7-9-12)14-10-15(17)19(18-14)13-4-2-1-3-5-13/h6-10,13H,1-5,17H2. The molecule has 0 radical (unpaired) electrons. The number of rotatable bonds is 2. The lowest BCUT2D eigenvalue weighted by Crippen LogP contribution is -2.16. The molecule has 0 unspecified atom stereocenters. The van der Waals surface area contributed by atoms with E-state index in [2.05, 4.69) is 5.10 Å². The van der Waals surface area contributed by atoms with Gasteiger partial charge in [0.15, 0.2) is 0 Å². The molecule has 1 heterocycles. The molecule has 3 nitrogen and oxygen atoms in total. The summed E-state index contributed by atoms with van der Waals surface area (Å²) in [5.74, 6) is 0.467. The monoisotopic (exact) mass is 259 g/mol. The number of anilines is 1. The van der Waals surface area contributed by atoms with Crippen molar-refractivity contribution in [3.05, 3.63) is 36.1 Å². The van der Waals surface area contributed by atoms with Gasteiger partial charge in [-0.05, 0) is 37.1 Å².